The molecule has 0 radical (unpaired) electrons. The predicted octanol–water partition coefficient (Wildman–Crippen LogP) is 3.89. The lowest BCUT2D eigenvalue weighted by Crippen LogP contribution is -2.49. The number of carbonyl (C=O) groups excluding carboxylic acids is 1. The number of allylic oxidation sites excluding steroid dienone is 2. The van der Waals surface area contributed by atoms with E-state index in [9.17, 15) is 13.2 Å². The van der Waals surface area contributed by atoms with Crippen LogP contribution in [-0.4, -0.2) is 38.1 Å². The zero-order valence-corrected chi connectivity index (χ0v) is 18.7. The highest BCUT2D eigenvalue weighted by Gasteiger charge is 2.43. The summed E-state index contributed by atoms with van der Waals surface area (Å²) in [6, 6.07) is 8.93. The van der Waals surface area contributed by atoms with E-state index in [0.717, 1.165) is 12.8 Å². The predicted molar refractivity (Wildman–Crippen MR) is 118 cm³/mol. The van der Waals surface area contributed by atoms with Gasteiger partial charge in [-0.25, -0.2) is 17.9 Å². The Bertz CT molecular complexity index is 844. The standard InChI is InChI=1S/C22H32N2O5S/c1-21(2,3)29-20(25)23-17-11-6-12-18-24-30(26,27)22(15-9-5-10-16-22)28-19-13-7-4-8-14-19/h4-5,7-10,13-15,24H,6,11-12,16-18H2,1-3H3,(H,23,25). The summed E-state index contributed by atoms with van der Waals surface area (Å²) in [5.74, 6) is 0.496. The van der Waals surface area contributed by atoms with Crippen molar-refractivity contribution in [3.05, 3.63) is 54.6 Å². The van der Waals surface area contributed by atoms with Crippen molar-refractivity contribution in [2.75, 3.05) is 13.1 Å². The third-order valence-electron chi connectivity index (χ3n) is 4.30. The lowest BCUT2D eigenvalue weighted by Gasteiger charge is -2.31. The second-order valence-corrected chi connectivity index (χ2v) is 10.1. The van der Waals surface area contributed by atoms with Crippen molar-refractivity contribution in [1.82, 2.24) is 10.0 Å². The van der Waals surface area contributed by atoms with Gasteiger partial charge < -0.3 is 14.8 Å². The molecule has 1 atom stereocenters. The molecule has 1 aromatic rings. The van der Waals surface area contributed by atoms with Crippen LogP contribution in [-0.2, 0) is 14.8 Å². The fraction of sp³-hybridized carbons (Fsp3) is 0.500. The number of nitrogens with one attached hydrogen (secondary N) is 2. The molecule has 2 N–H and O–H groups in total. The summed E-state index contributed by atoms with van der Waals surface area (Å²) < 4.78 is 39.8. The van der Waals surface area contributed by atoms with Crippen LogP contribution in [0.3, 0.4) is 0 Å². The number of carbonyl (C=O) groups is 1. The molecule has 2 rings (SSSR count). The maximum Gasteiger partial charge on any atom is 0.407 e. The van der Waals surface area contributed by atoms with Gasteiger partial charge in [0.05, 0.1) is 0 Å². The van der Waals surface area contributed by atoms with E-state index in [1.54, 1.807) is 48.6 Å². The highest BCUT2D eigenvalue weighted by molar-refractivity contribution is 7.90. The summed E-state index contributed by atoms with van der Waals surface area (Å²) in [4.78, 5) is 10.1. The highest BCUT2D eigenvalue weighted by atomic mass is 32.2. The van der Waals surface area contributed by atoms with Crippen LogP contribution in [0.5, 0.6) is 5.75 Å². The van der Waals surface area contributed by atoms with Gasteiger partial charge in [-0.2, -0.15) is 0 Å². The molecule has 0 saturated carbocycles. The zero-order chi connectivity index (χ0) is 22.1. The average molecular weight is 437 g/mol. The number of hydrogen-bond acceptors (Lipinski definition) is 5. The topological polar surface area (TPSA) is 93.7 Å². The number of benzene rings is 1. The van der Waals surface area contributed by atoms with Gasteiger partial charge in [0.1, 0.15) is 11.4 Å². The van der Waals surface area contributed by atoms with Gasteiger partial charge in [-0.3, -0.25) is 0 Å². The van der Waals surface area contributed by atoms with Gasteiger partial charge in [-0.1, -0.05) is 42.8 Å². The third-order valence-corrected chi connectivity index (χ3v) is 6.18. The Morgan fingerprint density at radius 2 is 1.77 bits per heavy atom. The molecule has 1 aliphatic carbocycles. The third kappa shape index (κ3) is 7.50. The summed E-state index contributed by atoms with van der Waals surface area (Å²) >= 11 is 0. The molecule has 0 fully saturated rings. The first-order valence-corrected chi connectivity index (χ1v) is 11.7. The van der Waals surface area contributed by atoms with E-state index in [4.69, 9.17) is 9.47 Å². The van der Waals surface area contributed by atoms with Crippen LogP contribution in [0, 0.1) is 0 Å². The highest BCUT2D eigenvalue weighted by Crippen LogP contribution is 2.30. The molecule has 0 saturated heterocycles. The van der Waals surface area contributed by atoms with Crippen molar-refractivity contribution in [2.45, 2.75) is 57.0 Å². The molecule has 0 aromatic heterocycles. The van der Waals surface area contributed by atoms with Gasteiger partial charge in [0.2, 0.25) is 4.93 Å². The SMILES string of the molecule is CC(C)(C)OC(=O)NCCCCCNS(=O)(=O)C1(Oc2ccccc2)C=CC=CC1. The Kier molecular flexibility index (Phi) is 8.49. The molecule has 0 heterocycles. The van der Waals surface area contributed by atoms with E-state index in [2.05, 4.69) is 10.0 Å². The minimum Gasteiger partial charge on any atom is -0.466 e. The number of unbranched alkanes of at least 4 members (excludes halogenated alkanes) is 2. The molecule has 1 aliphatic rings. The number of hydrogen-bond donors (Lipinski definition) is 2. The van der Waals surface area contributed by atoms with Gasteiger partial charge in [-0.15, -0.1) is 0 Å². The Balaban J connectivity index is 1.79. The molecule has 0 aliphatic heterocycles. The Morgan fingerprint density at radius 3 is 2.40 bits per heavy atom. The average Bonchev–Trinajstić information content (AvgIpc) is 2.67. The summed E-state index contributed by atoms with van der Waals surface area (Å²) in [6.07, 6.45) is 8.78. The van der Waals surface area contributed by atoms with Crippen LogP contribution in [0.25, 0.3) is 0 Å². The minimum absolute atomic E-state index is 0.230. The molecular formula is C22H32N2O5S. The first-order valence-electron chi connectivity index (χ1n) is 10.2. The van der Waals surface area contributed by atoms with Crippen molar-refractivity contribution in [3.8, 4) is 5.75 Å². The van der Waals surface area contributed by atoms with Gasteiger partial charge in [0.15, 0.2) is 0 Å². The first kappa shape index (κ1) is 24.0. The van der Waals surface area contributed by atoms with E-state index in [-0.39, 0.29) is 6.42 Å². The molecule has 1 unspecified atom stereocenters. The fourth-order valence-electron chi connectivity index (χ4n) is 2.86. The minimum atomic E-state index is -3.77. The summed E-state index contributed by atoms with van der Waals surface area (Å²) in [5.41, 5.74) is -0.525. The molecular weight excluding hydrogens is 404 g/mol. The molecule has 0 spiro atoms. The molecule has 0 bridgehead atoms. The molecule has 1 aromatic carbocycles. The van der Waals surface area contributed by atoms with Crippen LogP contribution in [0.1, 0.15) is 46.5 Å². The van der Waals surface area contributed by atoms with E-state index in [0.29, 0.717) is 25.3 Å². The van der Waals surface area contributed by atoms with Crippen LogP contribution in [0.2, 0.25) is 0 Å². The first-order chi connectivity index (χ1) is 14.1. The molecule has 166 valence electrons. The van der Waals surface area contributed by atoms with Crippen molar-refractivity contribution in [3.63, 3.8) is 0 Å². The number of amides is 1. The van der Waals surface area contributed by atoms with Crippen LogP contribution in [0.15, 0.2) is 54.6 Å². The molecule has 1 amide bonds. The smallest absolute Gasteiger partial charge is 0.407 e. The zero-order valence-electron chi connectivity index (χ0n) is 17.9. The van der Waals surface area contributed by atoms with Crippen LogP contribution < -0.4 is 14.8 Å². The quantitative estimate of drug-likeness (QED) is 0.543. The number of rotatable bonds is 10. The Morgan fingerprint density at radius 1 is 1.07 bits per heavy atom. The van der Waals surface area contributed by atoms with E-state index in [1.165, 1.54) is 0 Å². The number of ether oxygens (including phenoxy) is 2. The van der Waals surface area contributed by atoms with Crippen molar-refractivity contribution >= 4 is 16.1 Å². The van der Waals surface area contributed by atoms with Crippen molar-refractivity contribution in [1.29, 1.82) is 0 Å². The Hall–Kier alpha value is -2.32. The second-order valence-electron chi connectivity index (χ2n) is 8.11. The molecule has 7 nitrogen and oxygen atoms in total. The second kappa shape index (κ2) is 10.6. The number of sulfonamides is 1. The van der Waals surface area contributed by atoms with Gasteiger partial charge in [-0.05, 0) is 51.8 Å². The van der Waals surface area contributed by atoms with E-state index >= 15 is 0 Å². The van der Waals surface area contributed by atoms with Crippen LogP contribution in [0.4, 0.5) is 4.79 Å². The monoisotopic (exact) mass is 436 g/mol. The fourth-order valence-corrected chi connectivity index (χ4v) is 4.30. The maximum absolute atomic E-state index is 13.0. The molecule has 8 heteroatoms. The van der Waals surface area contributed by atoms with Crippen molar-refractivity contribution in [2.24, 2.45) is 0 Å². The van der Waals surface area contributed by atoms with E-state index in [1.807, 2.05) is 26.8 Å². The largest absolute Gasteiger partial charge is 0.466 e. The maximum atomic E-state index is 13.0. The van der Waals surface area contributed by atoms with Crippen LogP contribution >= 0.6 is 0 Å². The van der Waals surface area contributed by atoms with E-state index < -0.39 is 26.7 Å². The normalized spacial score (nSPS) is 18.8. The lowest BCUT2D eigenvalue weighted by atomic mass is 10.1. The summed E-state index contributed by atoms with van der Waals surface area (Å²) in [5, 5.41) is 2.69. The van der Waals surface area contributed by atoms with Gasteiger partial charge >= 0.3 is 6.09 Å². The Labute approximate surface area is 179 Å². The summed E-state index contributed by atoms with van der Waals surface area (Å²) in [6.45, 7) is 6.21. The summed E-state index contributed by atoms with van der Waals surface area (Å²) in [7, 11) is -3.77. The van der Waals surface area contributed by atoms with Crippen molar-refractivity contribution < 1.29 is 22.7 Å². The number of para-hydroxylation sites is 1. The molecule has 30 heavy (non-hydrogen) atoms. The lowest BCUT2D eigenvalue weighted by molar-refractivity contribution is 0.0527. The van der Waals surface area contributed by atoms with Gasteiger partial charge in [0.25, 0.3) is 10.0 Å². The van der Waals surface area contributed by atoms with Gasteiger partial charge in [0, 0.05) is 19.5 Å². The number of alkyl carbamates (subject to hydrolysis) is 1.